The highest BCUT2D eigenvalue weighted by atomic mass is 35.5. The van der Waals surface area contributed by atoms with Crippen LogP contribution in [0.1, 0.15) is 37.7 Å². The molecule has 0 amide bonds. The Labute approximate surface area is 129 Å². The summed E-state index contributed by atoms with van der Waals surface area (Å²) in [5.41, 5.74) is 8.25. The average Bonchev–Trinajstić information content (AvgIpc) is 2.75. The lowest BCUT2D eigenvalue weighted by molar-refractivity contribution is 0.460. The summed E-state index contributed by atoms with van der Waals surface area (Å²) in [6.07, 6.45) is 1.29. The van der Waals surface area contributed by atoms with Crippen LogP contribution < -0.4 is 5.73 Å². The van der Waals surface area contributed by atoms with E-state index in [0.717, 1.165) is 29.9 Å². The van der Waals surface area contributed by atoms with Gasteiger partial charge in [0, 0.05) is 18.5 Å². The molecule has 0 spiro atoms. The molecule has 0 aliphatic heterocycles. The molecule has 1 unspecified atom stereocenters. The highest BCUT2D eigenvalue weighted by Gasteiger charge is 2.26. The minimum atomic E-state index is -0.705. The smallest absolute Gasteiger partial charge is 0.123 e. The lowest BCUT2D eigenvalue weighted by atomic mass is 9.88. The van der Waals surface area contributed by atoms with E-state index in [-0.39, 0.29) is 5.82 Å². The first-order chi connectivity index (χ1) is 9.89. The Balaban J connectivity index is 2.38. The lowest BCUT2D eigenvalue weighted by Gasteiger charge is -2.26. The summed E-state index contributed by atoms with van der Waals surface area (Å²) in [5, 5.41) is 5.17. The van der Waals surface area contributed by atoms with Crippen molar-refractivity contribution in [2.45, 2.75) is 45.7 Å². The first kappa shape index (κ1) is 16.0. The van der Waals surface area contributed by atoms with Crippen LogP contribution in [0.2, 0.25) is 5.02 Å². The third kappa shape index (κ3) is 3.27. The maximum Gasteiger partial charge on any atom is 0.123 e. The molecule has 1 atom stereocenters. The van der Waals surface area contributed by atoms with Gasteiger partial charge in [-0.05, 0) is 38.0 Å². The van der Waals surface area contributed by atoms with Crippen LogP contribution in [0.5, 0.6) is 0 Å². The number of rotatable bonds is 5. The normalized spacial score (nSPS) is 14.2. The lowest BCUT2D eigenvalue weighted by Crippen LogP contribution is -2.36. The molecular formula is C16H21ClFN3. The van der Waals surface area contributed by atoms with Crippen LogP contribution in [0, 0.1) is 5.82 Å². The van der Waals surface area contributed by atoms with Gasteiger partial charge in [-0.25, -0.2) is 4.39 Å². The summed E-state index contributed by atoms with van der Waals surface area (Å²) < 4.78 is 15.3. The maximum absolute atomic E-state index is 13.4. The summed E-state index contributed by atoms with van der Waals surface area (Å²) >= 11 is 6.42. The largest absolute Gasteiger partial charge is 0.321 e. The molecule has 1 aromatic heterocycles. The first-order valence-corrected chi connectivity index (χ1v) is 7.55. The zero-order valence-electron chi connectivity index (χ0n) is 12.7. The predicted molar refractivity (Wildman–Crippen MR) is 83.9 cm³/mol. The Morgan fingerprint density at radius 1 is 1.38 bits per heavy atom. The van der Waals surface area contributed by atoms with Crippen LogP contribution in [0.15, 0.2) is 24.3 Å². The molecule has 21 heavy (non-hydrogen) atoms. The number of benzene rings is 1. The highest BCUT2D eigenvalue weighted by molar-refractivity contribution is 6.31. The fourth-order valence-electron chi connectivity index (χ4n) is 2.48. The van der Waals surface area contributed by atoms with Gasteiger partial charge in [0.05, 0.1) is 16.4 Å². The molecule has 0 fully saturated rings. The number of hydrogen-bond acceptors (Lipinski definition) is 2. The Kier molecular flexibility index (Phi) is 4.69. The van der Waals surface area contributed by atoms with Gasteiger partial charge in [-0.1, -0.05) is 30.7 Å². The van der Waals surface area contributed by atoms with E-state index in [1.165, 1.54) is 12.1 Å². The van der Waals surface area contributed by atoms with E-state index in [0.29, 0.717) is 11.4 Å². The number of hydrogen-bond donors (Lipinski definition) is 1. The standard InChI is InChI=1S/C16H21ClFN3/c1-4-13-15(17)14(21(5-2)20-13)10-16(3,19)11-7-6-8-12(18)9-11/h6-9H,4-5,10,19H2,1-3H3. The minimum Gasteiger partial charge on any atom is -0.321 e. The summed E-state index contributed by atoms with van der Waals surface area (Å²) in [6, 6.07) is 6.40. The van der Waals surface area contributed by atoms with Crippen LogP contribution in [-0.4, -0.2) is 9.78 Å². The SMILES string of the molecule is CCc1nn(CC)c(CC(C)(N)c2cccc(F)c2)c1Cl. The molecule has 2 aromatic rings. The van der Waals surface area contributed by atoms with Crippen LogP contribution >= 0.6 is 11.6 Å². The molecule has 0 radical (unpaired) electrons. The third-order valence-electron chi connectivity index (χ3n) is 3.71. The highest BCUT2D eigenvalue weighted by Crippen LogP contribution is 2.29. The molecule has 0 bridgehead atoms. The van der Waals surface area contributed by atoms with Gasteiger partial charge in [-0.15, -0.1) is 0 Å². The number of halogens is 2. The topological polar surface area (TPSA) is 43.8 Å². The van der Waals surface area contributed by atoms with E-state index in [9.17, 15) is 4.39 Å². The van der Waals surface area contributed by atoms with Crippen molar-refractivity contribution in [1.82, 2.24) is 9.78 Å². The summed E-state index contributed by atoms with van der Waals surface area (Å²) in [6.45, 7) is 6.65. The molecule has 114 valence electrons. The molecule has 3 nitrogen and oxygen atoms in total. The number of aromatic nitrogens is 2. The molecule has 5 heteroatoms. The quantitative estimate of drug-likeness (QED) is 0.915. The van der Waals surface area contributed by atoms with Crippen LogP contribution in [-0.2, 0) is 24.9 Å². The fraction of sp³-hybridized carbons (Fsp3) is 0.438. The van der Waals surface area contributed by atoms with E-state index in [2.05, 4.69) is 5.10 Å². The van der Waals surface area contributed by atoms with E-state index in [1.54, 1.807) is 6.07 Å². The molecule has 1 aromatic carbocycles. The molecule has 0 aliphatic carbocycles. The van der Waals surface area contributed by atoms with E-state index < -0.39 is 5.54 Å². The van der Waals surface area contributed by atoms with Crippen LogP contribution in [0.25, 0.3) is 0 Å². The fourth-order valence-corrected chi connectivity index (χ4v) is 2.82. The second kappa shape index (κ2) is 6.16. The molecule has 2 rings (SSSR count). The van der Waals surface area contributed by atoms with Crippen molar-refractivity contribution >= 4 is 11.6 Å². The summed E-state index contributed by atoms with van der Waals surface area (Å²) in [4.78, 5) is 0. The van der Waals surface area contributed by atoms with E-state index in [4.69, 9.17) is 17.3 Å². The van der Waals surface area contributed by atoms with Crippen molar-refractivity contribution in [3.63, 3.8) is 0 Å². The van der Waals surface area contributed by atoms with Crippen molar-refractivity contribution in [2.75, 3.05) is 0 Å². The van der Waals surface area contributed by atoms with Crippen LogP contribution in [0.3, 0.4) is 0 Å². The molecule has 2 N–H and O–H groups in total. The van der Waals surface area contributed by atoms with Crippen molar-refractivity contribution in [3.05, 3.63) is 52.1 Å². The minimum absolute atomic E-state index is 0.284. The molecular weight excluding hydrogens is 289 g/mol. The van der Waals surface area contributed by atoms with Gasteiger partial charge in [0.15, 0.2) is 0 Å². The van der Waals surface area contributed by atoms with Gasteiger partial charge >= 0.3 is 0 Å². The van der Waals surface area contributed by atoms with Crippen molar-refractivity contribution in [2.24, 2.45) is 5.73 Å². The van der Waals surface area contributed by atoms with Gasteiger partial charge in [0.25, 0.3) is 0 Å². The summed E-state index contributed by atoms with van der Waals surface area (Å²) in [7, 11) is 0. The monoisotopic (exact) mass is 309 g/mol. The Morgan fingerprint density at radius 2 is 2.10 bits per heavy atom. The summed E-state index contributed by atoms with van der Waals surface area (Å²) in [5.74, 6) is -0.284. The zero-order chi connectivity index (χ0) is 15.6. The molecule has 0 aliphatic rings. The molecule has 0 saturated carbocycles. The van der Waals surface area contributed by atoms with Gasteiger partial charge < -0.3 is 5.73 Å². The van der Waals surface area contributed by atoms with Gasteiger partial charge in [0.1, 0.15) is 5.82 Å². The molecule has 1 heterocycles. The Hall–Kier alpha value is -1.39. The van der Waals surface area contributed by atoms with Gasteiger partial charge in [0.2, 0.25) is 0 Å². The third-order valence-corrected chi connectivity index (χ3v) is 4.15. The van der Waals surface area contributed by atoms with Gasteiger partial charge in [-0.3, -0.25) is 4.68 Å². The maximum atomic E-state index is 13.4. The van der Waals surface area contributed by atoms with Crippen molar-refractivity contribution < 1.29 is 4.39 Å². The predicted octanol–water partition coefficient (Wildman–Crippen LogP) is 3.67. The first-order valence-electron chi connectivity index (χ1n) is 7.18. The van der Waals surface area contributed by atoms with Crippen molar-refractivity contribution in [1.29, 1.82) is 0 Å². The van der Waals surface area contributed by atoms with E-state index in [1.807, 2.05) is 31.5 Å². The second-order valence-corrected chi connectivity index (χ2v) is 5.86. The molecule has 0 saturated heterocycles. The van der Waals surface area contributed by atoms with Gasteiger partial charge in [-0.2, -0.15) is 5.10 Å². The number of nitrogens with two attached hydrogens (primary N) is 1. The van der Waals surface area contributed by atoms with Crippen molar-refractivity contribution in [3.8, 4) is 0 Å². The zero-order valence-corrected chi connectivity index (χ0v) is 13.4. The second-order valence-electron chi connectivity index (χ2n) is 5.48. The van der Waals surface area contributed by atoms with Crippen LogP contribution in [0.4, 0.5) is 4.39 Å². The number of aryl methyl sites for hydroxylation is 2. The Morgan fingerprint density at radius 3 is 2.67 bits per heavy atom. The Bertz CT molecular complexity index is 634. The number of nitrogens with zero attached hydrogens (tertiary/aromatic N) is 2. The average molecular weight is 310 g/mol. The van der Waals surface area contributed by atoms with E-state index >= 15 is 0 Å².